The van der Waals surface area contributed by atoms with Crippen LogP contribution in [0.4, 0.5) is 26.4 Å². The largest absolute Gasteiger partial charge is 0.465 e. The maximum Gasteiger partial charge on any atom is 0.404 e. The Morgan fingerprint density at radius 2 is 1.89 bits per heavy atom. The maximum absolute atomic E-state index is 13.3. The molecule has 0 radical (unpaired) electrons. The molecule has 3 rings (SSSR count). The van der Waals surface area contributed by atoms with E-state index in [0.29, 0.717) is 28.1 Å². The first-order chi connectivity index (χ1) is 13.4. The number of amides is 2. The van der Waals surface area contributed by atoms with Gasteiger partial charge in [0.2, 0.25) is 5.91 Å². The van der Waals surface area contributed by atoms with Crippen LogP contribution in [0.5, 0.6) is 0 Å². The topological polar surface area (TPSA) is 116 Å². The molecule has 0 unspecified atom stereocenters. The highest BCUT2D eigenvalue weighted by Crippen LogP contribution is 2.27. The van der Waals surface area contributed by atoms with Crippen LogP contribution in [0.1, 0.15) is 6.42 Å². The summed E-state index contributed by atoms with van der Waals surface area (Å²) in [5.74, 6) is -0.414. The molecule has 0 saturated carbocycles. The Morgan fingerprint density at radius 1 is 1.11 bits per heavy atom. The Labute approximate surface area is 163 Å². The quantitative estimate of drug-likeness (QED) is 0.498. The molecule has 2 aromatic carbocycles. The Morgan fingerprint density at radius 3 is 2.64 bits per heavy atom. The van der Waals surface area contributed by atoms with Gasteiger partial charge in [-0.15, -0.1) is 0 Å². The summed E-state index contributed by atoms with van der Waals surface area (Å²) in [5.41, 5.74) is 1.68. The van der Waals surface area contributed by atoms with Crippen LogP contribution in [0.3, 0.4) is 0 Å². The Balaban J connectivity index is 1.80. The lowest BCUT2D eigenvalue weighted by molar-refractivity contribution is -0.116. The number of rotatable bonds is 6. The number of carbonyl (C=O) groups is 2. The summed E-state index contributed by atoms with van der Waals surface area (Å²) in [5, 5.41) is 17.0. The summed E-state index contributed by atoms with van der Waals surface area (Å²) >= 11 is 5.80. The van der Waals surface area contributed by atoms with Gasteiger partial charge in [0.15, 0.2) is 0 Å². The van der Waals surface area contributed by atoms with Crippen LogP contribution in [0.15, 0.2) is 42.7 Å². The number of hydrogen-bond donors (Lipinski definition) is 4. The van der Waals surface area contributed by atoms with Crippen molar-refractivity contribution in [1.82, 2.24) is 15.3 Å². The van der Waals surface area contributed by atoms with Crippen LogP contribution in [0.2, 0.25) is 5.02 Å². The van der Waals surface area contributed by atoms with Crippen molar-refractivity contribution in [3.05, 3.63) is 53.6 Å². The standard InChI is InChI=1S/C18H15ClFN5O3/c19-13-8-11(1-3-14(13)20)25-17-12-7-10(2-4-15(12)22-9-23-17)24-16(26)5-6-21-18(27)28/h1-4,7-9,21H,5-6H2,(H,24,26)(H,27,28)(H,22,23,25). The lowest BCUT2D eigenvalue weighted by atomic mass is 10.2. The number of aromatic nitrogens is 2. The molecule has 1 aromatic heterocycles. The second kappa shape index (κ2) is 8.49. The van der Waals surface area contributed by atoms with E-state index in [2.05, 4.69) is 25.9 Å². The summed E-state index contributed by atoms with van der Waals surface area (Å²) in [6.07, 6.45) is 0.188. The molecule has 1 heterocycles. The molecule has 28 heavy (non-hydrogen) atoms. The second-order valence-electron chi connectivity index (χ2n) is 5.74. The summed E-state index contributed by atoms with van der Waals surface area (Å²) in [7, 11) is 0. The molecule has 144 valence electrons. The number of halogens is 2. The van der Waals surface area contributed by atoms with Gasteiger partial charge in [-0.1, -0.05) is 11.6 Å². The number of anilines is 3. The number of hydrogen-bond acceptors (Lipinski definition) is 5. The summed E-state index contributed by atoms with van der Waals surface area (Å²) in [4.78, 5) is 30.7. The first-order valence-corrected chi connectivity index (χ1v) is 8.53. The van der Waals surface area contributed by atoms with Gasteiger partial charge < -0.3 is 21.1 Å². The molecule has 10 heteroatoms. The molecule has 2 amide bonds. The molecule has 0 aliphatic rings. The minimum atomic E-state index is -1.19. The SMILES string of the molecule is O=C(O)NCCC(=O)Nc1ccc2ncnc(Nc3ccc(F)c(Cl)c3)c2c1. The van der Waals surface area contributed by atoms with Gasteiger partial charge in [0.05, 0.1) is 10.5 Å². The van der Waals surface area contributed by atoms with E-state index >= 15 is 0 Å². The average Bonchev–Trinajstić information content (AvgIpc) is 2.65. The minimum Gasteiger partial charge on any atom is -0.465 e. The molecule has 0 saturated heterocycles. The molecule has 0 spiro atoms. The van der Waals surface area contributed by atoms with Crippen molar-refractivity contribution in [3.8, 4) is 0 Å². The number of fused-ring (bicyclic) bond motifs is 1. The van der Waals surface area contributed by atoms with Gasteiger partial charge in [0, 0.05) is 29.7 Å². The van der Waals surface area contributed by atoms with Crippen LogP contribution < -0.4 is 16.0 Å². The fraction of sp³-hybridized carbons (Fsp3) is 0.111. The van der Waals surface area contributed by atoms with Crippen LogP contribution in [0.25, 0.3) is 10.9 Å². The summed E-state index contributed by atoms with van der Waals surface area (Å²) in [6.45, 7) is 0.00991. The third kappa shape index (κ3) is 4.83. The monoisotopic (exact) mass is 403 g/mol. The van der Waals surface area contributed by atoms with E-state index in [1.165, 1.54) is 24.5 Å². The summed E-state index contributed by atoms with van der Waals surface area (Å²) in [6, 6.07) is 9.28. The first-order valence-electron chi connectivity index (χ1n) is 8.16. The van der Waals surface area contributed by atoms with E-state index in [-0.39, 0.29) is 23.9 Å². The Hall–Kier alpha value is -3.46. The van der Waals surface area contributed by atoms with Gasteiger partial charge in [-0.05, 0) is 36.4 Å². The predicted molar refractivity (Wildman–Crippen MR) is 104 cm³/mol. The highest BCUT2D eigenvalue weighted by Gasteiger charge is 2.09. The molecule has 8 nitrogen and oxygen atoms in total. The zero-order valence-electron chi connectivity index (χ0n) is 14.4. The molecular weight excluding hydrogens is 389 g/mol. The lowest BCUT2D eigenvalue weighted by Gasteiger charge is -2.11. The number of benzene rings is 2. The molecule has 4 N–H and O–H groups in total. The van der Waals surface area contributed by atoms with Gasteiger partial charge >= 0.3 is 6.09 Å². The van der Waals surface area contributed by atoms with Crippen LogP contribution in [0, 0.1) is 5.82 Å². The molecule has 0 atom stereocenters. The van der Waals surface area contributed by atoms with E-state index in [0.717, 1.165) is 0 Å². The predicted octanol–water partition coefficient (Wildman–Crippen LogP) is 3.76. The number of nitrogens with zero attached hydrogens (tertiary/aromatic N) is 2. The number of carboxylic acid groups (broad SMARTS) is 1. The van der Waals surface area contributed by atoms with E-state index < -0.39 is 11.9 Å². The fourth-order valence-electron chi connectivity index (χ4n) is 2.45. The van der Waals surface area contributed by atoms with E-state index in [1.54, 1.807) is 18.2 Å². The van der Waals surface area contributed by atoms with Crippen molar-refractivity contribution < 1.29 is 19.1 Å². The highest BCUT2D eigenvalue weighted by molar-refractivity contribution is 6.31. The fourth-order valence-corrected chi connectivity index (χ4v) is 2.63. The lowest BCUT2D eigenvalue weighted by Crippen LogP contribution is -2.25. The van der Waals surface area contributed by atoms with Crippen molar-refractivity contribution in [2.75, 3.05) is 17.2 Å². The molecule has 3 aromatic rings. The van der Waals surface area contributed by atoms with Crippen molar-refractivity contribution >= 4 is 51.7 Å². The van der Waals surface area contributed by atoms with Gasteiger partial charge in [-0.3, -0.25) is 4.79 Å². The van der Waals surface area contributed by atoms with Crippen molar-refractivity contribution in [2.45, 2.75) is 6.42 Å². The number of carbonyl (C=O) groups excluding carboxylic acids is 1. The molecular formula is C18H15ClFN5O3. The van der Waals surface area contributed by atoms with E-state index in [1.807, 2.05) is 0 Å². The van der Waals surface area contributed by atoms with Crippen LogP contribution in [-0.4, -0.2) is 33.6 Å². The van der Waals surface area contributed by atoms with Crippen LogP contribution >= 0.6 is 11.6 Å². The van der Waals surface area contributed by atoms with Gasteiger partial charge in [-0.25, -0.2) is 19.2 Å². The third-order valence-electron chi connectivity index (χ3n) is 3.73. The summed E-state index contributed by atoms with van der Waals surface area (Å²) < 4.78 is 13.3. The first kappa shape index (κ1) is 19.3. The second-order valence-corrected chi connectivity index (χ2v) is 6.15. The smallest absolute Gasteiger partial charge is 0.404 e. The van der Waals surface area contributed by atoms with Crippen molar-refractivity contribution in [2.24, 2.45) is 0 Å². The Kier molecular flexibility index (Phi) is 5.85. The minimum absolute atomic E-state index is 0.00515. The van der Waals surface area contributed by atoms with Gasteiger partial charge in [0.1, 0.15) is 18.0 Å². The zero-order valence-corrected chi connectivity index (χ0v) is 15.1. The molecule has 0 aliphatic carbocycles. The molecule has 0 aliphatic heterocycles. The number of nitrogens with one attached hydrogen (secondary N) is 3. The van der Waals surface area contributed by atoms with E-state index in [4.69, 9.17) is 16.7 Å². The van der Waals surface area contributed by atoms with Crippen molar-refractivity contribution in [3.63, 3.8) is 0 Å². The normalized spacial score (nSPS) is 10.5. The maximum atomic E-state index is 13.3. The zero-order chi connectivity index (χ0) is 20.1. The van der Waals surface area contributed by atoms with Gasteiger partial charge in [0.25, 0.3) is 0 Å². The Bertz CT molecular complexity index is 1050. The van der Waals surface area contributed by atoms with Crippen molar-refractivity contribution in [1.29, 1.82) is 0 Å². The van der Waals surface area contributed by atoms with Gasteiger partial charge in [-0.2, -0.15) is 0 Å². The third-order valence-corrected chi connectivity index (χ3v) is 4.02. The average molecular weight is 404 g/mol. The van der Waals surface area contributed by atoms with E-state index in [9.17, 15) is 14.0 Å². The highest BCUT2D eigenvalue weighted by atomic mass is 35.5. The molecule has 0 fully saturated rings. The van der Waals surface area contributed by atoms with Crippen LogP contribution in [-0.2, 0) is 4.79 Å². The molecule has 0 bridgehead atoms.